The van der Waals surface area contributed by atoms with Gasteiger partial charge in [0.25, 0.3) is 5.91 Å². The molecule has 1 aromatic rings. The SMILES string of the molecule is CN1CCN(CCNC(=O)c2cc(N)c[nH]2)CC1. The van der Waals surface area contributed by atoms with Gasteiger partial charge in [-0.3, -0.25) is 9.69 Å². The van der Waals surface area contributed by atoms with Crippen molar-refractivity contribution in [2.24, 2.45) is 0 Å². The van der Waals surface area contributed by atoms with Crippen LogP contribution in [-0.4, -0.2) is 67.0 Å². The van der Waals surface area contributed by atoms with E-state index in [1.54, 1.807) is 12.3 Å². The number of likely N-dealkylation sites (N-methyl/N-ethyl adjacent to an activating group) is 1. The number of carbonyl (C=O) groups is 1. The zero-order chi connectivity index (χ0) is 13.0. The maximum Gasteiger partial charge on any atom is 0.267 e. The van der Waals surface area contributed by atoms with Crippen molar-refractivity contribution in [3.8, 4) is 0 Å². The Labute approximate surface area is 107 Å². The van der Waals surface area contributed by atoms with E-state index in [4.69, 9.17) is 5.73 Å². The summed E-state index contributed by atoms with van der Waals surface area (Å²) in [5, 5.41) is 2.89. The predicted octanol–water partition coefficient (Wildman–Crippen LogP) is -0.426. The van der Waals surface area contributed by atoms with Crippen LogP contribution in [0.25, 0.3) is 0 Å². The maximum atomic E-state index is 11.7. The molecule has 0 aliphatic carbocycles. The lowest BCUT2D eigenvalue weighted by atomic mass is 10.3. The summed E-state index contributed by atoms with van der Waals surface area (Å²) < 4.78 is 0. The molecule has 2 rings (SSSR count). The molecule has 0 bridgehead atoms. The lowest BCUT2D eigenvalue weighted by molar-refractivity contribution is 0.0936. The predicted molar refractivity (Wildman–Crippen MR) is 71.5 cm³/mol. The number of H-pyrrole nitrogens is 1. The molecule has 6 nitrogen and oxygen atoms in total. The molecule has 18 heavy (non-hydrogen) atoms. The zero-order valence-corrected chi connectivity index (χ0v) is 10.8. The lowest BCUT2D eigenvalue weighted by Crippen LogP contribution is -2.46. The van der Waals surface area contributed by atoms with E-state index >= 15 is 0 Å². The number of nitrogens with zero attached hydrogens (tertiary/aromatic N) is 2. The van der Waals surface area contributed by atoms with E-state index in [2.05, 4.69) is 27.1 Å². The fraction of sp³-hybridized carbons (Fsp3) is 0.583. The highest BCUT2D eigenvalue weighted by atomic mass is 16.1. The molecule has 2 heterocycles. The Kier molecular flexibility index (Phi) is 4.22. The number of aromatic amines is 1. The summed E-state index contributed by atoms with van der Waals surface area (Å²) in [7, 11) is 2.13. The fourth-order valence-corrected chi connectivity index (χ4v) is 2.04. The van der Waals surface area contributed by atoms with Crippen LogP contribution in [0.4, 0.5) is 5.69 Å². The molecule has 1 amide bonds. The van der Waals surface area contributed by atoms with Crippen molar-refractivity contribution in [1.82, 2.24) is 20.1 Å². The van der Waals surface area contributed by atoms with Crippen molar-refractivity contribution in [2.75, 3.05) is 52.0 Å². The van der Waals surface area contributed by atoms with Gasteiger partial charge in [-0.15, -0.1) is 0 Å². The van der Waals surface area contributed by atoms with Gasteiger partial charge >= 0.3 is 0 Å². The van der Waals surface area contributed by atoms with Crippen molar-refractivity contribution in [2.45, 2.75) is 0 Å². The molecule has 0 aromatic carbocycles. The topological polar surface area (TPSA) is 77.4 Å². The second kappa shape index (κ2) is 5.88. The largest absolute Gasteiger partial charge is 0.397 e. The molecule has 0 unspecified atom stereocenters. The quantitative estimate of drug-likeness (QED) is 0.679. The first-order chi connectivity index (χ1) is 8.65. The molecule has 1 aromatic heterocycles. The van der Waals surface area contributed by atoms with E-state index in [1.165, 1.54) is 0 Å². The highest BCUT2D eigenvalue weighted by Gasteiger charge is 2.13. The Morgan fingerprint density at radius 1 is 1.44 bits per heavy atom. The van der Waals surface area contributed by atoms with Crippen LogP contribution in [0.1, 0.15) is 10.5 Å². The average Bonchev–Trinajstić information content (AvgIpc) is 2.78. The minimum atomic E-state index is -0.0965. The second-order valence-electron chi connectivity index (χ2n) is 4.75. The molecular weight excluding hydrogens is 230 g/mol. The lowest BCUT2D eigenvalue weighted by Gasteiger charge is -2.32. The smallest absolute Gasteiger partial charge is 0.267 e. The number of rotatable bonds is 4. The molecule has 1 saturated heterocycles. The van der Waals surface area contributed by atoms with Crippen LogP contribution >= 0.6 is 0 Å². The van der Waals surface area contributed by atoms with Crippen molar-refractivity contribution in [1.29, 1.82) is 0 Å². The minimum absolute atomic E-state index is 0.0965. The number of aromatic nitrogens is 1. The first-order valence-corrected chi connectivity index (χ1v) is 6.28. The van der Waals surface area contributed by atoms with Crippen LogP contribution in [-0.2, 0) is 0 Å². The number of hydrogen-bond acceptors (Lipinski definition) is 4. The van der Waals surface area contributed by atoms with Crippen LogP contribution < -0.4 is 11.1 Å². The van der Waals surface area contributed by atoms with E-state index in [1.807, 2.05) is 0 Å². The van der Waals surface area contributed by atoms with Gasteiger partial charge in [0.1, 0.15) is 5.69 Å². The first kappa shape index (κ1) is 12.9. The number of piperazine rings is 1. The Bertz CT molecular complexity index is 395. The Morgan fingerprint density at radius 3 is 2.78 bits per heavy atom. The van der Waals surface area contributed by atoms with Crippen LogP contribution in [0.3, 0.4) is 0 Å². The van der Waals surface area contributed by atoms with Gasteiger partial charge in [0, 0.05) is 51.2 Å². The summed E-state index contributed by atoms with van der Waals surface area (Å²) in [4.78, 5) is 19.2. The molecule has 0 spiro atoms. The van der Waals surface area contributed by atoms with E-state index in [-0.39, 0.29) is 5.91 Å². The summed E-state index contributed by atoms with van der Waals surface area (Å²) in [6, 6.07) is 1.64. The summed E-state index contributed by atoms with van der Waals surface area (Å²) in [5.74, 6) is -0.0965. The third kappa shape index (κ3) is 3.48. The van der Waals surface area contributed by atoms with Gasteiger partial charge < -0.3 is 20.9 Å². The second-order valence-corrected chi connectivity index (χ2v) is 4.75. The van der Waals surface area contributed by atoms with Gasteiger partial charge in [0.2, 0.25) is 0 Å². The van der Waals surface area contributed by atoms with Crippen molar-refractivity contribution in [3.63, 3.8) is 0 Å². The van der Waals surface area contributed by atoms with Crippen molar-refractivity contribution in [3.05, 3.63) is 18.0 Å². The number of nitrogen functional groups attached to an aromatic ring is 1. The monoisotopic (exact) mass is 251 g/mol. The Balaban J connectivity index is 1.67. The Hall–Kier alpha value is -1.53. The Morgan fingerprint density at radius 2 is 2.17 bits per heavy atom. The van der Waals surface area contributed by atoms with Crippen LogP contribution in [0.15, 0.2) is 12.3 Å². The molecule has 0 saturated carbocycles. The van der Waals surface area contributed by atoms with Crippen LogP contribution in [0, 0.1) is 0 Å². The van der Waals surface area contributed by atoms with E-state index in [0.717, 1.165) is 32.7 Å². The van der Waals surface area contributed by atoms with E-state index in [0.29, 0.717) is 17.9 Å². The summed E-state index contributed by atoms with van der Waals surface area (Å²) in [6.45, 7) is 5.91. The summed E-state index contributed by atoms with van der Waals surface area (Å²) >= 11 is 0. The number of nitrogens with one attached hydrogen (secondary N) is 2. The number of hydrogen-bond donors (Lipinski definition) is 3. The molecule has 1 fully saturated rings. The molecule has 100 valence electrons. The normalized spacial score (nSPS) is 17.8. The van der Waals surface area contributed by atoms with Gasteiger partial charge in [0.15, 0.2) is 0 Å². The number of nitrogens with two attached hydrogens (primary N) is 1. The highest BCUT2D eigenvalue weighted by molar-refractivity contribution is 5.93. The molecule has 0 radical (unpaired) electrons. The third-order valence-corrected chi connectivity index (χ3v) is 3.26. The van der Waals surface area contributed by atoms with Gasteiger partial charge in [0.05, 0.1) is 0 Å². The number of amides is 1. The minimum Gasteiger partial charge on any atom is -0.397 e. The standard InChI is InChI=1S/C12H21N5O/c1-16-4-6-17(7-5-16)3-2-14-12(18)11-8-10(13)9-15-11/h8-9,15H,2-7,13H2,1H3,(H,14,18). The molecule has 1 aliphatic rings. The third-order valence-electron chi connectivity index (χ3n) is 3.26. The van der Waals surface area contributed by atoms with Gasteiger partial charge in [-0.1, -0.05) is 0 Å². The van der Waals surface area contributed by atoms with Crippen LogP contribution in [0.5, 0.6) is 0 Å². The summed E-state index contributed by atoms with van der Waals surface area (Å²) in [5.41, 5.74) is 6.65. The average molecular weight is 251 g/mol. The first-order valence-electron chi connectivity index (χ1n) is 6.28. The van der Waals surface area contributed by atoms with Gasteiger partial charge in [-0.2, -0.15) is 0 Å². The molecule has 1 aliphatic heterocycles. The van der Waals surface area contributed by atoms with Crippen molar-refractivity contribution >= 4 is 11.6 Å². The maximum absolute atomic E-state index is 11.7. The van der Waals surface area contributed by atoms with Gasteiger partial charge in [-0.25, -0.2) is 0 Å². The molecule has 4 N–H and O–H groups in total. The molecular formula is C12H21N5O. The zero-order valence-electron chi connectivity index (χ0n) is 10.8. The fourth-order valence-electron chi connectivity index (χ4n) is 2.04. The van der Waals surface area contributed by atoms with E-state index in [9.17, 15) is 4.79 Å². The van der Waals surface area contributed by atoms with E-state index < -0.39 is 0 Å². The highest BCUT2D eigenvalue weighted by Crippen LogP contribution is 2.04. The van der Waals surface area contributed by atoms with Crippen LogP contribution in [0.2, 0.25) is 0 Å². The molecule has 6 heteroatoms. The van der Waals surface area contributed by atoms with Gasteiger partial charge in [-0.05, 0) is 13.1 Å². The summed E-state index contributed by atoms with van der Waals surface area (Å²) in [6.07, 6.45) is 1.62. The number of carbonyl (C=O) groups excluding carboxylic acids is 1. The molecule has 0 atom stereocenters. The number of anilines is 1. The van der Waals surface area contributed by atoms with Crippen molar-refractivity contribution < 1.29 is 4.79 Å².